The van der Waals surface area contributed by atoms with E-state index in [1.807, 2.05) is 0 Å². The van der Waals surface area contributed by atoms with Crippen molar-refractivity contribution in [3.63, 3.8) is 0 Å². The van der Waals surface area contributed by atoms with Gasteiger partial charge >= 0.3 is 6.09 Å². The SMILES string of the molecule is CNC(=O)OC1(Br)C=C2C(=CC1Br)N(C)C1N(C)CCC21C. The van der Waals surface area contributed by atoms with Gasteiger partial charge < -0.3 is 15.0 Å². The zero-order chi connectivity index (χ0) is 16.3. The van der Waals surface area contributed by atoms with Gasteiger partial charge in [-0.1, -0.05) is 22.9 Å². The Bertz CT molecular complexity index is 579. The number of hydrogen-bond donors (Lipinski definition) is 1. The molecule has 0 aromatic heterocycles. The molecule has 7 heteroatoms. The summed E-state index contributed by atoms with van der Waals surface area (Å²) in [5.74, 6) is 0. The molecule has 2 aliphatic heterocycles. The predicted octanol–water partition coefficient (Wildman–Crippen LogP) is 2.63. The number of likely N-dealkylation sites (tertiary alicyclic amines) is 2. The Morgan fingerprint density at radius 2 is 2.18 bits per heavy atom. The van der Waals surface area contributed by atoms with Gasteiger partial charge in [-0.15, -0.1) is 0 Å². The molecule has 0 bridgehead atoms. The number of alkyl halides is 2. The van der Waals surface area contributed by atoms with E-state index in [0.29, 0.717) is 6.17 Å². The number of likely N-dealkylation sites (N-methyl/N-ethyl adjacent to an activating group) is 1. The van der Waals surface area contributed by atoms with Crippen molar-refractivity contribution in [3.8, 4) is 0 Å². The van der Waals surface area contributed by atoms with Gasteiger partial charge in [0.2, 0.25) is 4.51 Å². The van der Waals surface area contributed by atoms with E-state index < -0.39 is 10.6 Å². The lowest BCUT2D eigenvalue weighted by atomic mass is 9.78. The monoisotopic (exact) mass is 433 g/mol. The highest BCUT2D eigenvalue weighted by Gasteiger charge is 2.57. The first-order chi connectivity index (χ1) is 10.2. The molecule has 0 saturated carbocycles. The zero-order valence-corrected chi connectivity index (χ0v) is 16.4. The van der Waals surface area contributed by atoms with Crippen LogP contribution in [0.2, 0.25) is 0 Å². The fourth-order valence-corrected chi connectivity index (χ4v) is 5.00. The molecule has 1 aliphatic carbocycles. The minimum Gasteiger partial charge on any atom is -0.426 e. The second-order valence-corrected chi connectivity index (χ2v) is 8.71. The number of halogens is 2. The molecule has 3 aliphatic rings. The lowest BCUT2D eigenvalue weighted by molar-refractivity contribution is 0.111. The predicted molar refractivity (Wildman–Crippen MR) is 93.0 cm³/mol. The van der Waals surface area contributed by atoms with Crippen molar-refractivity contribution in [3.05, 3.63) is 23.4 Å². The number of alkyl carbamates (subject to hydrolysis) is 1. The highest BCUT2D eigenvalue weighted by molar-refractivity contribution is 9.12. The number of nitrogens with one attached hydrogen (secondary N) is 1. The third-order valence-corrected chi connectivity index (χ3v) is 7.53. The van der Waals surface area contributed by atoms with Gasteiger partial charge in [0, 0.05) is 31.8 Å². The van der Waals surface area contributed by atoms with Crippen LogP contribution in [-0.2, 0) is 4.74 Å². The van der Waals surface area contributed by atoms with Crippen LogP contribution in [0.15, 0.2) is 23.4 Å². The van der Waals surface area contributed by atoms with E-state index in [4.69, 9.17) is 4.74 Å². The molecule has 2 fully saturated rings. The maximum atomic E-state index is 11.7. The number of nitrogens with zero attached hydrogens (tertiary/aromatic N) is 2. The molecule has 122 valence electrons. The highest BCUT2D eigenvalue weighted by atomic mass is 79.9. The van der Waals surface area contributed by atoms with Gasteiger partial charge in [0.1, 0.15) is 0 Å². The quantitative estimate of drug-likeness (QED) is 0.644. The molecule has 0 aromatic carbocycles. The Balaban J connectivity index is 2.03. The first-order valence-corrected chi connectivity index (χ1v) is 9.06. The summed E-state index contributed by atoms with van der Waals surface area (Å²) < 4.78 is 4.70. The van der Waals surface area contributed by atoms with Crippen molar-refractivity contribution < 1.29 is 9.53 Å². The van der Waals surface area contributed by atoms with Gasteiger partial charge in [0.25, 0.3) is 0 Å². The maximum absolute atomic E-state index is 11.7. The fraction of sp³-hybridized carbons (Fsp3) is 0.667. The molecule has 1 N–H and O–H groups in total. The van der Waals surface area contributed by atoms with Crippen molar-refractivity contribution in [2.45, 2.75) is 28.8 Å². The fourth-order valence-electron chi connectivity index (χ4n) is 4.01. The molecule has 4 unspecified atom stereocenters. The first kappa shape index (κ1) is 16.3. The van der Waals surface area contributed by atoms with Crippen molar-refractivity contribution in [2.75, 3.05) is 27.7 Å². The van der Waals surface area contributed by atoms with Crippen LogP contribution in [0.3, 0.4) is 0 Å². The third kappa shape index (κ3) is 2.16. The molecule has 4 atom stereocenters. The summed E-state index contributed by atoms with van der Waals surface area (Å²) in [6, 6.07) is 0. The summed E-state index contributed by atoms with van der Waals surface area (Å²) in [7, 11) is 5.86. The first-order valence-electron chi connectivity index (χ1n) is 7.35. The van der Waals surface area contributed by atoms with E-state index in [0.717, 1.165) is 13.0 Å². The van der Waals surface area contributed by atoms with Gasteiger partial charge in [-0.3, -0.25) is 4.90 Å². The van der Waals surface area contributed by atoms with Crippen LogP contribution >= 0.6 is 31.9 Å². The van der Waals surface area contributed by atoms with Crippen LogP contribution in [0.1, 0.15) is 13.3 Å². The normalized spacial score (nSPS) is 40.7. The summed E-state index contributed by atoms with van der Waals surface area (Å²) >= 11 is 7.24. The number of carbonyl (C=O) groups is 1. The van der Waals surface area contributed by atoms with E-state index in [9.17, 15) is 4.79 Å². The Morgan fingerprint density at radius 3 is 2.82 bits per heavy atom. The highest BCUT2D eigenvalue weighted by Crippen LogP contribution is 2.56. The molecule has 0 aromatic rings. The molecule has 2 heterocycles. The number of rotatable bonds is 1. The summed E-state index contributed by atoms with van der Waals surface area (Å²) in [6.07, 6.45) is 5.18. The Labute approximate surface area is 148 Å². The molecular formula is C15H21Br2N3O2. The minimum absolute atomic E-state index is 0.0492. The second-order valence-electron chi connectivity index (χ2n) is 6.48. The number of fused-ring (bicyclic) bond motifs is 3. The van der Waals surface area contributed by atoms with E-state index in [2.05, 4.69) is 80.1 Å². The van der Waals surface area contributed by atoms with Crippen LogP contribution in [0, 0.1) is 5.41 Å². The van der Waals surface area contributed by atoms with E-state index in [1.165, 1.54) is 11.3 Å². The molecule has 22 heavy (non-hydrogen) atoms. The molecule has 0 spiro atoms. The van der Waals surface area contributed by atoms with Gasteiger partial charge in [0.15, 0.2) is 0 Å². The van der Waals surface area contributed by atoms with Gasteiger partial charge in [-0.2, -0.15) is 0 Å². The molecular weight excluding hydrogens is 414 g/mol. The average Bonchev–Trinajstić information content (AvgIpc) is 2.86. The Kier molecular flexibility index (Phi) is 3.89. The van der Waals surface area contributed by atoms with Crippen LogP contribution in [-0.4, -0.2) is 59.1 Å². The Morgan fingerprint density at radius 1 is 1.50 bits per heavy atom. The van der Waals surface area contributed by atoms with Crippen molar-refractivity contribution in [1.29, 1.82) is 0 Å². The van der Waals surface area contributed by atoms with E-state index in [-0.39, 0.29) is 10.2 Å². The largest absolute Gasteiger partial charge is 0.426 e. The summed E-state index contributed by atoms with van der Waals surface area (Å²) in [5.41, 5.74) is 2.52. The number of carbonyl (C=O) groups excluding carboxylic acids is 1. The standard InChI is InChI=1S/C15H21Br2N3O2/c1-14-5-6-19(3)12(14)20(4)10-7-11(16)15(17,8-9(10)14)22-13(21)18-2/h7-8,11-12H,5-6H2,1-4H3,(H,18,21). The van der Waals surface area contributed by atoms with E-state index in [1.54, 1.807) is 7.05 Å². The zero-order valence-electron chi connectivity index (χ0n) is 13.2. The molecule has 0 radical (unpaired) electrons. The number of allylic oxidation sites excluding steroid dienone is 1. The van der Waals surface area contributed by atoms with Crippen molar-refractivity contribution >= 4 is 38.0 Å². The average molecular weight is 435 g/mol. The molecule has 2 saturated heterocycles. The van der Waals surface area contributed by atoms with E-state index >= 15 is 0 Å². The summed E-state index contributed by atoms with van der Waals surface area (Å²) in [6.45, 7) is 3.37. The van der Waals surface area contributed by atoms with Crippen LogP contribution in [0.4, 0.5) is 4.79 Å². The lowest BCUT2D eigenvalue weighted by Crippen LogP contribution is -2.41. The molecule has 3 rings (SSSR count). The van der Waals surface area contributed by atoms with Gasteiger partial charge in [-0.05, 0) is 47.1 Å². The number of amides is 1. The smallest absolute Gasteiger partial charge is 0.408 e. The summed E-state index contributed by atoms with van der Waals surface area (Å²) in [4.78, 5) is 16.3. The van der Waals surface area contributed by atoms with Crippen LogP contribution in [0.5, 0.6) is 0 Å². The second kappa shape index (κ2) is 5.24. The lowest BCUT2D eigenvalue weighted by Gasteiger charge is -2.34. The Hall–Kier alpha value is -0.530. The summed E-state index contributed by atoms with van der Waals surface area (Å²) in [5, 5.41) is 2.51. The topological polar surface area (TPSA) is 44.8 Å². The van der Waals surface area contributed by atoms with Crippen molar-refractivity contribution in [2.24, 2.45) is 5.41 Å². The van der Waals surface area contributed by atoms with Crippen molar-refractivity contribution in [1.82, 2.24) is 15.1 Å². The minimum atomic E-state index is -0.869. The molecule has 5 nitrogen and oxygen atoms in total. The van der Waals surface area contributed by atoms with Crippen LogP contribution in [0.25, 0.3) is 0 Å². The number of hydrogen-bond acceptors (Lipinski definition) is 4. The van der Waals surface area contributed by atoms with Gasteiger partial charge in [-0.25, -0.2) is 4.79 Å². The maximum Gasteiger partial charge on any atom is 0.408 e. The van der Waals surface area contributed by atoms with Crippen LogP contribution < -0.4 is 5.32 Å². The third-order valence-electron chi connectivity index (χ3n) is 5.08. The van der Waals surface area contributed by atoms with Gasteiger partial charge in [0.05, 0.1) is 11.0 Å². The number of ether oxygens (including phenoxy) is 1. The molecule has 1 amide bonds.